The summed E-state index contributed by atoms with van der Waals surface area (Å²) in [4.78, 5) is 6.55. The second kappa shape index (κ2) is 5.61. The molecule has 0 spiro atoms. The number of fused-ring (bicyclic) bond motifs is 1. The van der Waals surface area contributed by atoms with Gasteiger partial charge in [0.15, 0.2) is 0 Å². The van der Waals surface area contributed by atoms with E-state index < -0.39 is 10.0 Å². The van der Waals surface area contributed by atoms with Crippen LogP contribution in [0.25, 0.3) is 0 Å². The lowest BCUT2D eigenvalue weighted by Crippen LogP contribution is -2.49. The zero-order valence-corrected chi connectivity index (χ0v) is 13.6. The first-order valence-corrected chi connectivity index (χ1v) is 9.31. The summed E-state index contributed by atoms with van der Waals surface area (Å²) in [6, 6.07) is 5.59. The second-order valence-corrected chi connectivity index (χ2v) is 7.92. The predicted molar refractivity (Wildman–Crippen MR) is 85.8 cm³/mol. The second-order valence-electron chi connectivity index (χ2n) is 5.98. The molecule has 1 aromatic carbocycles. The molecule has 8 heteroatoms. The number of benzene rings is 1. The maximum atomic E-state index is 12.9. The molecule has 0 saturated carbocycles. The van der Waals surface area contributed by atoms with Gasteiger partial charge in [0.05, 0.1) is 4.90 Å². The number of hydrogen-bond donors (Lipinski definition) is 1. The topological polar surface area (TPSA) is 82.2 Å². The van der Waals surface area contributed by atoms with Crippen LogP contribution in [-0.2, 0) is 22.9 Å². The number of aryl methyl sites for hydroxylation is 2. The van der Waals surface area contributed by atoms with E-state index in [9.17, 15) is 8.42 Å². The third-order valence-electron chi connectivity index (χ3n) is 4.65. The van der Waals surface area contributed by atoms with E-state index in [0.717, 1.165) is 19.3 Å². The molecule has 0 radical (unpaired) electrons. The first-order valence-electron chi connectivity index (χ1n) is 7.87. The lowest BCUT2D eigenvalue weighted by molar-refractivity contribution is 0.382. The van der Waals surface area contributed by atoms with Crippen molar-refractivity contribution in [3.8, 4) is 0 Å². The van der Waals surface area contributed by atoms with Gasteiger partial charge in [0, 0.05) is 26.2 Å². The maximum absolute atomic E-state index is 12.9. The van der Waals surface area contributed by atoms with Crippen LogP contribution in [0.1, 0.15) is 17.5 Å². The number of hydrogen-bond acceptors (Lipinski definition) is 5. The van der Waals surface area contributed by atoms with E-state index in [4.69, 9.17) is 0 Å². The highest BCUT2D eigenvalue weighted by Gasteiger charge is 2.30. The molecule has 7 nitrogen and oxygen atoms in total. The molecule has 4 rings (SSSR count). The molecule has 23 heavy (non-hydrogen) atoms. The van der Waals surface area contributed by atoms with Gasteiger partial charge in [-0.2, -0.15) is 14.4 Å². The van der Waals surface area contributed by atoms with E-state index in [1.165, 1.54) is 17.5 Å². The zero-order chi connectivity index (χ0) is 15.9. The molecule has 1 aliphatic carbocycles. The summed E-state index contributed by atoms with van der Waals surface area (Å²) < 4.78 is 27.3. The molecule has 1 saturated heterocycles. The van der Waals surface area contributed by atoms with Gasteiger partial charge >= 0.3 is 0 Å². The highest BCUT2D eigenvalue weighted by atomic mass is 32.2. The zero-order valence-electron chi connectivity index (χ0n) is 12.8. The minimum Gasteiger partial charge on any atom is -0.339 e. The van der Waals surface area contributed by atoms with E-state index in [1.807, 2.05) is 17.0 Å². The summed E-state index contributed by atoms with van der Waals surface area (Å²) in [7, 11) is -3.42. The summed E-state index contributed by atoms with van der Waals surface area (Å²) in [5.41, 5.74) is 2.48. The van der Waals surface area contributed by atoms with Crippen molar-refractivity contribution in [2.75, 3.05) is 31.1 Å². The van der Waals surface area contributed by atoms with Crippen LogP contribution in [0.5, 0.6) is 0 Å². The quantitative estimate of drug-likeness (QED) is 0.899. The van der Waals surface area contributed by atoms with Crippen LogP contribution in [0.15, 0.2) is 29.4 Å². The van der Waals surface area contributed by atoms with Crippen LogP contribution in [0.2, 0.25) is 0 Å². The third-order valence-corrected chi connectivity index (χ3v) is 6.54. The number of nitrogens with zero attached hydrogens (tertiary/aromatic N) is 4. The van der Waals surface area contributed by atoms with E-state index in [2.05, 4.69) is 15.2 Å². The minimum absolute atomic E-state index is 0.422. The van der Waals surface area contributed by atoms with Crippen molar-refractivity contribution in [2.24, 2.45) is 0 Å². The fourth-order valence-corrected chi connectivity index (χ4v) is 4.82. The van der Waals surface area contributed by atoms with Gasteiger partial charge in [-0.3, -0.25) is 0 Å². The van der Waals surface area contributed by atoms with E-state index in [1.54, 1.807) is 10.4 Å². The van der Waals surface area contributed by atoms with E-state index >= 15 is 0 Å². The molecule has 1 N–H and O–H groups in total. The Kier molecular flexibility index (Phi) is 3.57. The van der Waals surface area contributed by atoms with Gasteiger partial charge in [0.2, 0.25) is 16.0 Å². The maximum Gasteiger partial charge on any atom is 0.243 e. The highest BCUT2D eigenvalue weighted by Crippen LogP contribution is 2.26. The third kappa shape index (κ3) is 2.61. The molecule has 0 bridgehead atoms. The highest BCUT2D eigenvalue weighted by molar-refractivity contribution is 7.89. The molecule has 2 heterocycles. The van der Waals surface area contributed by atoms with Crippen LogP contribution >= 0.6 is 0 Å². The van der Waals surface area contributed by atoms with Gasteiger partial charge in [-0.15, -0.1) is 0 Å². The van der Waals surface area contributed by atoms with Gasteiger partial charge in [-0.1, -0.05) is 6.07 Å². The lowest BCUT2D eigenvalue weighted by atomic mass is 10.1. The summed E-state index contributed by atoms with van der Waals surface area (Å²) in [5, 5.41) is 6.65. The fraction of sp³-hybridized carbons (Fsp3) is 0.467. The van der Waals surface area contributed by atoms with Gasteiger partial charge in [0.1, 0.15) is 6.33 Å². The number of rotatable bonds is 3. The Labute approximate surface area is 135 Å². The van der Waals surface area contributed by atoms with Gasteiger partial charge in [-0.25, -0.2) is 13.5 Å². The van der Waals surface area contributed by atoms with Crippen LogP contribution in [0, 0.1) is 0 Å². The number of anilines is 1. The van der Waals surface area contributed by atoms with Crippen molar-refractivity contribution in [1.29, 1.82) is 0 Å². The fourth-order valence-electron chi connectivity index (χ4n) is 3.35. The number of H-pyrrole nitrogens is 1. The molecule has 1 aromatic heterocycles. The summed E-state index contributed by atoms with van der Waals surface area (Å²) in [5.74, 6) is 0.694. The first kappa shape index (κ1) is 14.6. The molecule has 122 valence electrons. The SMILES string of the molecule is O=S(=O)(c1ccc2c(c1)CCC2)N1CCN(c2ncn[nH]2)CC1. The van der Waals surface area contributed by atoms with Crippen molar-refractivity contribution < 1.29 is 8.42 Å². The normalized spacial score (nSPS) is 19.0. The number of nitrogens with one attached hydrogen (secondary N) is 1. The molecular formula is C15H19N5O2S. The minimum atomic E-state index is -3.42. The Balaban J connectivity index is 1.51. The molecule has 1 aliphatic heterocycles. The summed E-state index contributed by atoms with van der Waals surface area (Å²) >= 11 is 0. The largest absolute Gasteiger partial charge is 0.339 e. The van der Waals surface area contributed by atoms with Gasteiger partial charge in [-0.05, 0) is 42.5 Å². The van der Waals surface area contributed by atoms with Crippen LogP contribution < -0.4 is 4.90 Å². The van der Waals surface area contributed by atoms with Crippen molar-refractivity contribution in [3.05, 3.63) is 35.7 Å². The molecule has 2 aromatic rings. The van der Waals surface area contributed by atoms with Gasteiger partial charge < -0.3 is 4.90 Å². The predicted octanol–water partition coefficient (Wildman–Crippen LogP) is 0.804. The Bertz CT molecular complexity index is 795. The smallest absolute Gasteiger partial charge is 0.243 e. The van der Waals surface area contributed by atoms with E-state index in [0.29, 0.717) is 37.0 Å². The number of piperazine rings is 1. The molecule has 1 fully saturated rings. The number of sulfonamides is 1. The van der Waals surface area contributed by atoms with Crippen molar-refractivity contribution in [1.82, 2.24) is 19.5 Å². The Morgan fingerprint density at radius 2 is 1.83 bits per heavy atom. The average molecular weight is 333 g/mol. The summed E-state index contributed by atoms with van der Waals surface area (Å²) in [6.07, 6.45) is 4.63. The molecule has 2 aliphatic rings. The number of aromatic nitrogens is 3. The van der Waals surface area contributed by atoms with Crippen LogP contribution in [0.3, 0.4) is 0 Å². The van der Waals surface area contributed by atoms with Crippen molar-refractivity contribution >= 4 is 16.0 Å². The van der Waals surface area contributed by atoms with Crippen molar-refractivity contribution in [3.63, 3.8) is 0 Å². The molecule has 0 atom stereocenters. The van der Waals surface area contributed by atoms with Crippen LogP contribution in [-0.4, -0.2) is 54.1 Å². The van der Waals surface area contributed by atoms with Crippen molar-refractivity contribution in [2.45, 2.75) is 24.2 Å². The summed E-state index contributed by atoms with van der Waals surface area (Å²) in [6.45, 7) is 2.14. The van der Waals surface area contributed by atoms with E-state index in [-0.39, 0.29) is 0 Å². The standard InChI is InChI=1S/C15H19N5O2S/c21-23(22,14-5-4-12-2-1-3-13(12)10-14)20-8-6-19(7-9-20)15-16-11-17-18-15/h4-5,10-11H,1-3,6-9H2,(H,16,17,18). The molecular weight excluding hydrogens is 314 g/mol. The lowest BCUT2D eigenvalue weighted by Gasteiger charge is -2.33. The molecule has 0 unspecified atom stereocenters. The Hall–Kier alpha value is -1.93. The average Bonchev–Trinajstić information content (AvgIpc) is 3.25. The number of aromatic amines is 1. The molecule has 0 amide bonds. The first-order chi connectivity index (χ1) is 11.1. The Morgan fingerprint density at radius 1 is 1.04 bits per heavy atom. The monoisotopic (exact) mass is 333 g/mol. The Morgan fingerprint density at radius 3 is 2.57 bits per heavy atom. The van der Waals surface area contributed by atoms with Crippen LogP contribution in [0.4, 0.5) is 5.95 Å². The van der Waals surface area contributed by atoms with Gasteiger partial charge in [0.25, 0.3) is 0 Å².